The van der Waals surface area contributed by atoms with E-state index in [0.717, 1.165) is 18.0 Å². The van der Waals surface area contributed by atoms with Crippen molar-refractivity contribution in [2.75, 3.05) is 5.32 Å². The lowest BCUT2D eigenvalue weighted by Crippen LogP contribution is -2.10. The normalized spacial score (nSPS) is 12.6. The summed E-state index contributed by atoms with van der Waals surface area (Å²) in [6.07, 6.45) is -2.54. The van der Waals surface area contributed by atoms with Crippen LogP contribution >= 0.6 is 11.6 Å². The van der Waals surface area contributed by atoms with Crippen molar-refractivity contribution in [3.63, 3.8) is 0 Å². The Kier molecular flexibility index (Phi) is 5.92. The molecular weight excluding hydrogens is 425 g/mol. The van der Waals surface area contributed by atoms with Gasteiger partial charge in [0.2, 0.25) is 11.1 Å². The molecule has 0 aliphatic heterocycles. The minimum absolute atomic E-state index is 0.0343. The van der Waals surface area contributed by atoms with Crippen molar-refractivity contribution < 1.29 is 18.1 Å². The topological polar surface area (TPSA) is 98.8 Å². The molecule has 1 N–H and O–H groups in total. The van der Waals surface area contributed by atoms with Crippen molar-refractivity contribution in [2.24, 2.45) is 0 Å². The zero-order valence-corrected chi connectivity index (χ0v) is 16.6. The Bertz CT molecular complexity index is 1070. The van der Waals surface area contributed by atoms with E-state index in [-0.39, 0.29) is 22.6 Å². The maximum atomic E-state index is 13.0. The fourth-order valence-electron chi connectivity index (χ4n) is 2.83. The molecule has 0 bridgehead atoms. The van der Waals surface area contributed by atoms with Gasteiger partial charge in [-0.1, -0.05) is 24.3 Å². The molecule has 8 nitrogen and oxygen atoms in total. The summed E-state index contributed by atoms with van der Waals surface area (Å²) in [5.41, 5.74) is -0.0354. The molecule has 1 atom stereocenters. The molecule has 2 aromatic heterocycles. The number of nitrogens with zero attached hydrogens (tertiary/aromatic N) is 5. The van der Waals surface area contributed by atoms with E-state index in [1.54, 1.807) is 38.1 Å². The van der Waals surface area contributed by atoms with Crippen LogP contribution in [0, 0.1) is 10.1 Å². The van der Waals surface area contributed by atoms with Crippen LogP contribution in [0.3, 0.4) is 0 Å². The number of aryl methyl sites for hydroxylation is 1. The monoisotopic (exact) mass is 440 g/mol. The Morgan fingerprint density at radius 3 is 2.50 bits per heavy atom. The van der Waals surface area contributed by atoms with Crippen molar-refractivity contribution in [3.8, 4) is 11.4 Å². The highest BCUT2D eigenvalue weighted by molar-refractivity contribution is 6.28. The van der Waals surface area contributed by atoms with Gasteiger partial charge in [0.05, 0.1) is 11.0 Å². The zero-order valence-electron chi connectivity index (χ0n) is 15.8. The van der Waals surface area contributed by atoms with Crippen LogP contribution in [0.25, 0.3) is 11.4 Å². The standard InChI is InChI=1S/C18H16ClF3N6O2/c1-3-27-9-14(18(20,21)22)25-16(27)12-6-4-11(5-7-12)10(2)24-15-13(28(29)30)8-23-17(19)26-15/h4-10H,3H2,1-2H3,(H,23,24,26). The minimum Gasteiger partial charge on any atom is -0.358 e. The van der Waals surface area contributed by atoms with Crippen molar-refractivity contribution in [3.05, 3.63) is 63.3 Å². The van der Waals surface area contributed by atoms with Crippen molar-refractivity contribution in [2.45, 2.75) is 32.6 Å². The van der Waals surface area contributed by atoms with E-state index in [9.17, 15) is 23.3 Å². The maximum Gasteiger partial charge on any atom is 0.434 e. The molecule has 2 heterocycles. The summed E-state index contributed by atoms with van der Waals surface area (Å²) in [7, 11) is 0. The van der Waals surface area contributed by atoms with Gasteiger partial charge in [-0.05, 0) is 31.0 Å². The molecule has 158 valence electrons. The van der Waals surface area contributed by atoms with Gasteiger partial charge < -0.3 is 9.88 Å². The molecule has 1 unspecified atom stereocenters. The van der Waals surface area contributed by atoms with E-state index in [2.05, 4.69) is 20.3 Å². The van der Waals surface area contributed by atoms with E-state index in [0.29, 0.717) is 12.1 Å². The van der Waals surface area contributed by atoms with Crippen LogP contribution in [0.2, 0.25) is 5.28 Å². The first-order valence-corrected chi connectivity index (χ1v) is 9.16. The number of imidazole rings is 1. The second-order valence-corrected chi connectivity index (χ2v) is 6.69. The third-order valence-electron chi connectivity index (χ3n) is 4.37. The van der Waals surface area contributed by atoms with Crippen LogP contribution in [-0.2, 0) is 12.7 Å². The highest BCUT2D eigenvalue weighted by Gasteiger charge is 2.34. The van der Waals surface area contributed by atoms with Crippen molar-refractivity contribution >= 4 is 23.1 Å². The Hall–Kier alpha value is -3.21. The predicted octanol–water partition coefficient (Wildman–Crippen LogP) is 5.11. The van der Waals surface area contributed by atoms with Crippen LogP contribution in [-0.4, -0.2) is 24.4 Å². The summed E-state index contributed by atoms with van der Waals surface area (Å²) < 4.78 is 40.4. The minimum atomic E-state index is -4.53. The summed E-state index contributed by atoms with van der Waals surface area (Å²) in [5, 5.41) is 13.9. The number of anilines is 1. The van der Waals surface area contributed by atoms with Gasteiger partial charge in [0, 0.05) is 18.3 Å². The molecule has 0 aliphatic rings. The highest BCUT2D eigenvalue weighted by Crippen LogP contribution is 2.32. The Morgan fingerprint density at radius 1 is 1.27 bits per heavy atom. The first-order chi connectivity index (χ1) is 14.1. The van der Waals surface area contributed by atoms with E-state index in [1.807, 2.05) is 0 Å². The van der Waals surface area contributed by atoms with Gasteiger partial charge in [0.25, 0.3) is 0 Å². The lowest BCUT2D eigenvalue weighted by molar-refractivity contribution is -0.384. The molecule has 30 heavy (non-hydrogen) atoms. The number of halogens is 4. The third-order valence-corrected chi connectivity index (χ3v) is 4.55. The fraction of sp³-hybridized carbons (Fsp3) is 0.278. The largest absolute Gasteiger partial charge is 0.434 e. The van der Waals surface area contributed by atoms with E-state index in [4.69, 9.17) is 11.6 Å². The number of rotatable bonds is 6. The molecule has 12 heteroatoms. The van der Waals surface area contributed by atoms with Crippen LogP contribution < -0.4 is 5.32 Å². The van der Waals surface area contributed by atoms with E-state index in [1.165, 1.54) is 4.57 Å². The molecule has 0 saturated heterocycles. The Balaban J connectivity index is 1.86. The molecule has 3 rings (SSSR count). The summed E-state index contributed by atoms with van der Waals surface area (Å²) in [6, 6.07) is 6.28. The molecular formula is C18H16ClF3N6O2. The van der Waals surface area contributed by atoms with Crippen molar-refractivity contribution in [1.82, 2.24) is 19.5 Å². The number of benzene rings is 1. The van der Waals surface area contributed by atoms with Crippen LogP contribution in [0.15, 0.2) is 36.7 Å². The molecule has 0 spiro atoms. The third kappa shape index (κ3) is 4.51. The van der Waals surface area contributed by atoms with Gasteiger partial charge in [0.15, 0.2) is 5.69 Å². The quantitative estimate of drug-likeness (QED) is 0.325. The predicted molar refractivity (Wildman–Crippen MR) is 104 cm³/mol. The Morgan fingerprint density at radius 2 is 1.93 bits per heavy atom. The van der Waals surface area contributed by atoms with Gasteiger partial charge >= 0.3 is 11.9 Å². The summed E-state index contributed by atoms with van der Waals surface area (Å²) in [5.74, 6) is 0.170. The maximum absolute atomic E-state index is 13.0. The summed E-state index contributed by atoms with van der Waals surface area (Å²) >= 11 is 5.73. The van der Waals surface area contributed by atoms with E-state index >= 15 is 0 Å². The van der Waals surface area contributed by atoms with Crippen molar-refractivity contribution in [1.29, 1.82) is 0 Å². The summed E-state index contributed by atoms with van der Waals surface area (Å²) in [4.78, 5) is 21.7. The molecule has 0 fully saturated rings. The zero-order chi connectivity index (χ0) is 22.1. The lowest BCUT2D eigenvalue weighted by atomic mass is 10.1. The smallest absolute Gasteiger partial charge is 0.358 e. The fourth-order valence-corrected chi connectivity index (χ4v) is 2.96. The second-order valence-electron chi connectivity index (χ2n) is 6.35. The summed E-state index contributed by atoms with van der Waals surface area (Å²) in [6.45, 7) is 3.81. The number of nitrogens with one attached hydrogen (secondary N) is 1. The van der Waals surface area contributed by atoms with Crippen LogP contribution in [0.4, 0.5) is 24.7 Å². The van der Waals surface area contributed by atoms with Gasteiger partial charge in [-0.3, -0.25) is 10.1 Å². The van der Waals surface area contributed by atoms with E-state index < -0.39 is 22.8 Å². The van der Waals surface area contributed by atoms with Gasteiger partial charge in [-0.2, -0.15) is 18.2 Å². The number of aromatic nitrogens is 4. The first kappa shape index (κ1) is 21.5. The molecule has 0 radical (unpaired) electrons. The number of hydrogen-bond donors (Lipinski definition) is 1. The number of nitro groups is 1. The van der Waals surface area contributed by atoms with Crippen LogP contribution in [0.1, 0.15) is 31.1 Å². The van der Waals surface area contributed by atoms with Gasteiger partial charge in [-0.25, -0.2) is 9.97 Å². The molecule has 0 aliphatic carbocycles. The highest BCUT2D eigenvalue weighted by atomic mass is 35.5. The number of hydrogen-bond acceptors (Lipinski definition) is 6. The average molecular weight is 441 g/mol. The Labute approximate surface area is 173 Å². The molecule has 0 saturated carbocycles. The average Bonchev–Trinajstić information content (AvgIpc) is 3.13. The molecule has 0 amide bonds. The molecule has 1 aromatic carbocycles. The second kappa shape index (κ2) is 8.27. The lowest BCUT2D eigenvalue weighted by Gasteiger charge is -2.15. The first-order valence-electron chi connectivity index (χ1n) is 8.78. The van der Waals surface area contributed by atoms with Crippen LogP contribution in [0.5, 0.6) is 0 Å². The SMILES string of the molecule is CCn1cc(C(F)(F)F)nc1-c1ccc(C(C)Nc2nc(Cl)ncc2[N+](=O)[O-])cc1. The van der Waals surface area contributed by atoms with Gasteiger partial charge in [-0.15, -0.1) is 0 Å². The number of alkyl halides is 3. The molecule has 3 aromatic rings. The van der Waals surface area contributed by atoms with Gasteiger partial charge in [0.1, 0.15) is 12.0 Å².